The van der Waals surface area contributed by atoms with Crippen LogP contribution in [0, 0.1) is 11.8 Å². The van der Waals surface area contributed by atoms with Crippen LogP contribution in [0.25, 0.3) is 0 Å². The number of carbonyl (C=O) groups is 2. The van der Waals surface area contributed by atoms with E-state index in [1.54, 1.807) is 18.0 Å². The third kappa shape index (κ3) is 4.26. The molecule has 2 aliphatic rings. The van der Waals surface area contributed by atoms with Gasteiger partial charge in [-0.3, -0.25) is 4.79 Å². The molecule has 0 radical (unpaired) electrons. The molecule has 1 aliphatic carbocycles. The van der Waals surface area contributed by atoms with Gasteiger partial charge in [0, 0.05) is 19.3 Å². The first kappa shape index (κ1) is 13.9. The van der Waals surface area contributed by atoms with Gasteiger partial charge in [0.2, 0.25) is 0 Å². The lowest BCUT2D eigenvalue weighted by Gasteiger charge is -2.31. The van der Waals surface area contributed by atoms with Crippen LogP contribution in [-0.2, 0) is 9.53 Å². The van der Waals surface area contributed by atoms with Crippen molar-refractivity contribution in [1.29, 1.82) is 0 Å². The first-order valence-electron chi connectivity index (χ1n) is 7.09. The summed E-state index contributed by atoms with van der Waals surface area (Å²) in [5.74, 6) is 0.286. The van der Waals surface area contributed by atoms with Crippen molar-refractivity contribution in [2.24, 2.45) is 11.8 Å². The zero-order chi connectivity index (χ0) is 13.7. The number of carbonyl (C=O) groups excluding carboxylic acids is 2. The van der Waals surface area contributed by atoms with E-state index in [4.69, 9.17) is 4.74 Å². The summed E-state index contributed by atoms with van der Waals surface area (Å²) in [4.78, 5) is 25.3. The number of allylic oxidation sites excluding steroid dienone is 1. The van der Waals surface area contributed by atoms with Gasteiger partial charge in [-0.05, 0) is 38.5 Å². The maximum Gasteiger partial charge on any atom is 0.321 e. The summed E-state index contributed by atoms with van der Waals surface area (Å²) in [6.07, 6.45) is 7.87. The number of esters is 1. The molecule has 0 aromatic heterocycles. The fourth-order valence-electron chi connectivity index (χ4n) is 2.25. The minimum atomic E-state index is -0.187. The average molecular weight is 266 g/mol. The molecule has 0 aromatic rings. The minimum absolute atomic E-state index is 0.120. The van der Waals surface area contributed by atoms with Crippen LogP contribution in [-0.4, -0.2) is 36.6 Å². The van der Waals surface area contributed by atoms with Crippen LogP contribution in [0.1, 0.15) is 32.6 Å². The Labute approximate surface area is 114 Å². The van der Waals surface area contributed by atoms with E-state index in [0.29, 0.717) is 25.6 Å². The van der Waals surface area contributed by atoms with Crippen LogP contribution < -0.4 is 5.32 Å². The fourth-order valence-corrected chi connectivity index (χ4v) is 2.25. The Hall–Kier alpha value is -1.52. The van der Waals surface area contributed by atoms with Crippen molar-refractivity contribution in [3.8, 4) is 0 Å². The third-order valence-corrected chi connectivity index (χ3v) is 3.53. The third-order valence-electron chi connectivity index (χ3n) is 3.53. The van der Waals surface area contributed by atoms with Crippen molar-refractivity contribution in [1.82, 2.24) is 10.2 Å². The lowest BCUT2D eigenvalue weighted by molar-refractivity contribution is -0.149. The van der Waals surface area contributed by atoms with Crippen LogP contribution in [0.3, 0.4) is 0 Å². The zero-order valence-corrected chi connectivity index (χ0v) is 11.4. The number of piperidine rings is 1. The molecule has 2 amide bonds. The van der Waals surface area contributed by atoms with E-state index >= 15 is 0 Å². The Morgan fingerprint density at radius 2 is 2.16 bits per heavy atom. The summed E-state index contributed by atoms with van der Waals surface area (Å²) in [6.45, 7) is 3.36. The molecule has 0 spiro atoms. The van der Waals surface area contributed by atoms with Gasteiger partial charge in [0.1, 0.15) is 0 Å². The molecule has 0 bridgehead atoms. The van der Waals surface area contributed by atoms with Gasteiger partial charge in [-0.1, -0.05) is 6.08 Å². The summed E-state index contributed by atoms with van der Waals surface area (Å²) in [7, 11) is 0. The summed E-state index contributed by atoms with van der Waals surface area (Å²) >= 11 is 0. The molecule has 19 heavy (non-hydrogen) atoms. The average Bonchev–Trinajstić information content (AvgIpc) is 3.23. The molecule has 1 N–H and O–H groups in total. The highest BCUT2D eigenvalue weighted by atomic mass is 16.5. The van der Waals surface area contributed by atoms with Crippen molar-refractivity contribution < 1.29 is 14.3 Å². The molecule has 106 valence electrons. The highest BCUT2D eigenvalue weighted by molar-refractivity contribution is 5.77. The Morgan fingerprint density at radius 3 is 2.84 bits per heavy atom. The number of hydrogen-bond acceptors (Lipinski definition) is 3. The van der Waals surface area contributed by atoms with Gasteiger partial charge in [0.25, 0.3) is 0 Å². The summed E-state index contributed by atoms with van der Waals surface area (Å²) in [6, 6.07) is -0.120. The summed E-state index contributed by atoms with van der Waals surface area (Å²) in [5.41, 5.74) is 0. The van der Waals surface area contributed by atoms with Crippen molar-refractivity contribution in [3.05, 3.63) is 12.3 Å². The summed E-state index contributed by atoms with van der Waals surface area (Å²) < 4.78 is 5.02. The lowest BCUT2D eigenvalue weighted by atomic mass is 9.98. The van der Waals surface area contributed by atoms with Gasteiger partial charge in [0.15, 0.2) is 0 Å². The molecule has 1 saturated carbocycles. The Balaban J connectivity index is 1.78. The maximum absolute atomic E-state index is 11.9. The predicted octanol–water partition coefficient (Wildman–Crippen LogP) is 1.89. The fraction of sp³-hybridized carbons (Fsp3) is 0.714. The molecular weight excluding hydrogens is 244 g/mol. The molecular formula is C14H22N2O3. The molecule has 2 rings (SSSR count). The van der Waals surface area contributed by atoms with Gasteiger partial charge in [-0.2, -0.15) is 0 Å². The quantitative estimate of drug-likeness (QED) is 0.791. The van der Waals surface area contributed by atoms with E-state index in [1.165, 1.54) is 12.8 Å². The van der Waals surface area contributed by atoms with Crippen LogP contribution >= 0.6 is 0 Å². The molecule has 1 unspecified atom stereocenters. The van der Waals surface area contributed by atoms with Gasteiger partial charge < -0.3 is 15.0 Å². The standard InChI is InChI=1S/C14H22N2O3/c1-2-19-13(17)12-4-3-9-16(10-12)14(18)15-8-7-11-5-6-11/h7-8,11-12H,2-6,9-10H2,1H3,(H,15,18)/b8-7+. The van der Waals surface area contributed by atoms with Crippen LogP contribution in [0.15, 0.2) is 12.3 Å². The van der Waals surface area contributed by atoms with Gasteiger partial charge in [-0.15, -0.1) is 0 Å². The minimum Gasteiger partial charge on any atom is -0.466 e. The molecule has 0 aromatic carbocycles. The highest BCUT2D eigenvalue weighted by Crippen LogP contribution is 2.29. The van der Waals surface area contributed by atoms with E-state index < -0.39 is 0 Å². The largest absolute Gasteiger partial charge is 0.466 e. The SMILES string of the molecule is CCOC(=O)C1CCCN(C(=O)N/C=C/C2CC2)C1. The number of nitrogens with zero attached hydrogens (tertiary/aromatic N) is 1. The second-order valence-corrected chi connectivity index (χ2v) is 5.18. The lowest BCUT2D eigenvalue weighted by Crippen LogP contribution is -2.46. The van der Waals surface area contributed by atoms with E-state index in [0.717, 1.165) is 12.8 Å². The molecule has 1 heterocycles. The van der Waals surface area contributed by atoms with Crippen molar-refractivity contribution in [2.75, 3.05) is 19.7 Å². The molecule has 1 aliphatic heterocycles. The molecule has 1 saturated heterocycles. The van der Waals surface area contributed by atoms with Gasteiger partial charge >= 0.3 is 12.0 Å². The Bertz CT molecular complexity index is 364. The second kappa shape index (κ2) is 6.59. The van der Waals surface area contributed by atoms with Crippen LogP contribution in [0.4, 0.5) is 4.79 Å². The van der Waals surface area contributed by atoms with Gasteiger partial charge in [0.05, 0.1) is 12.5 Å². The monoisotopic (exact) mass is 266 g/mol. The first-order chi connectivity index (χ1) is 9.20. The summed E-state index contributed by atoms with van der Waals surface area (Å²) in [5, 5.41) is 2.77. The van der Waals surface area contributed by atoms with Crippen molar-refractivity contribution in [2.45, 2.75) is 32.6 Å². The van der Waals surface area contributed by atoms with Gasteiger partial charge in [-0.25, -0.2) is 4.79 Å². The molecule has 5 heteroatoms. The predicted molar refractivity (Wildman–Crippen MR) is 71.3 cm³/mol. The number of rotatable bonds is 4. The number of hydrogen-bond donors (Lipinski definition) is 1. The Morgan fingerprint density at radius 1 is 1.37 bits per heavy atom. The highest BCUT2D eigenvalue weighted by Gasteiger charge is 2.29. The Kier molecular flexibility index (Phi) is 4.82. The van der Waals surface area contributed by atoms with Crippen LogP contribution in [0.5, 0.6) is 0 Å². The smallest absolute Gasteiger partial charge is 0.321 e. The number of ether oxygens (including phenoxy) is 1. The second-order valence-electron chi connectivity index (χ2n) is 5.18. The number of amides is 2. The van der Waals surface area contributed by atoms with Crippen molar-refractivity contribution in [3.63, 3.8) is 0 Å². The molecule has 2 fully saturated rings. The van der Waals surface area contributed by atoms with Crippen molar-refractivity contribution >= 4 is 12.0 Å². The topological polar surface area (TPSA) is 58.6 Å². The molecule has 1 atom stereocenters. The number of urea groups is 1. The number of nitrogens with one attached hydrogen (secondary N) is 1. The van der Waals surface area contributed by atoms with E-state index in [-0.39, 0.29) is 17.9 Å². The van der Waals surface area contributed by atoms with Crippen LogP contribution in [0.2, 0.25) is 0 Å². The normalized spacial score (nSPS) is 23.4. The maximum atomic E-state index is 11.9. The first-order valence-corrected chi connectivity index (χ1v) is 7.09. The molecule has 5 nitrogen and oxygen atoms in total. The zero-order valence-electron chi connectivity index (χ0n) is 11.4. The number of likely N-dealkylation sites (tertiary alicyclic amines) is 1. The van der Waals surface area contributed by atoms with E-state index in [1.807, 2.05) is 6.08 Å². The van der Waals surface area contributed by atoms with E-state index in [2.05, 4.69) is 5.32 Å². The van der Waals surface area contributed by atoms with E-state index in [9.17, 15) is 9.59 Å².